The Balaban J connectivity index is 1.42. The topological polar surface area (TPSA) is 78.6 Å². The van der Waals surface area contributed by atoms with E-state index < -0.39 is 0 Å². The molecule has 3 N–H and O–H groups in total. The summed E-state index contributed by atoms with van der Waals surface area (Å²) in [6.45, 7) is 0. The molecule has 0 fully saturated rings. The van der Waals surface area contributed by atoms with Crippen LogP contribution in [-0.2, 0) is 0 Å². The van der Waals surface area contributed by atoms with Crippen molar-refractivity contribution in [2.75, 3.05) is 12.4 Å². The van der Waals surface area contributed by atoms with E-state index in [-0.39, 0.29) is 0 Å². The van der Waals surface area contributed by atoms with Crippen molar-refractivity contribution in [3.63, 3.8) is 0 Å². The van der Waals surface area contributed by atoms with Crippen LogP contribution in [-0.4, -0.2) is 27.0 Å². The number of benzene rings is 4. The number of anilines is 2. The van der Waals surface area contributed by atoms with Gasteiger partial charge in [-0.25, -0.2) is 9.97 Å². The first-order valence-corrected chi connectivity index (χ1v) is 17.0. The van der Waals surface area contributed by atoms with Gasteiger partial charge in [-0.1, -0.05) is 91.0 Å². The Morgan fingerprint density at radius 1 is 0.431 bits per heavy atom. The van der Waals surface area contributed by atoms with Gasteiger partial charge in [0.05, 0.1) is 41.1 Å². The smallest absolute Gasteiger partial charge is 0.119 e. The summed E-state index contributed by atoms with van der Waals surface area (Å²) >= 11 is 0. The largest absolute Gasteiger partial charge is 0.497 e. The number of hydrogen-bond donors (Lipinski definition) is 3. The molecule has 6 heteroatoms. The molecule has 0 radical (unpaired) electrons. The van der Waals surface area contributed by atoms with E-state index in [0.717, 1.165) is 95.3 Å². The average molecular weight is 660 g/mol. The number of H-pyrrole nitrogens is 2. The van der Waals surface area contributed by atoms with Crippen molar-refractivity contribution in [2.45, 2.75) is 0 Å². The lowest BCUT2D eigenvalue weighted by atomic mass is 10.0. The molecule has 51 heavy (non-hydrogen) atoms. The van der Waals surface area contributed by atoms with Gasteiger partial charge in [0.25, 0.3) is 0 Å². The lowest BCUT2D eigenvalue weighted by Crippen LogP contribution is -1.95. The molecule has 4 aromatic carbocycles. The number of fused-ring (bicyclic) bond motifs is 8. The first-order valence-electron chi connectivity index (χ1n) is 17.0. The maximum absolute atomic E-state index is 5.43. The lowest BCUT2D eigenvalue weighted by Gasteiger charge is -2.09. The summed E-state index contributed by atoms with van der Waals surface area (Å²) < 4.78 is 5.43. The standard InChI is InChI=1S/C45H33N5O/c1-51-33-19-17-32(18-20-33)46-45-40-27-25-38(49-40)43(30-13-7-3-8-14-30)36-23-21-34(47-36)42(29-11-5-2-6-12-29)35-22-24-37(48-35)44(31-15-9-4-10-16-31)39-26-28-41(45)50-39/h2-28,46-47,50H,1H3. The molecule has 3 aromatic heterocycles. The van der Waals surface area contributed by atoms with Gasteiger partial charge in [0, 0.05) is 38.9 Å². The van der Waals surface area contributed by atoms with Crippen molar-refractivity contribution >= 4 is 57.7 Å². The summed E-state index contributed by atoms with van der Waals surface area (Å²) in [7, 11) is 1.68. The normalized spacial score (nSPS) is 11.9. The first kappa shape index (κ1) is 30.2. The molecule has 0 saturated carbocycles. The third-order valence-electron chi connectivity index (χ3n) is 9.30. The maximum Gasteiger partial charge on any atom is 0.119 e. The van der Waals surface area contributed by atoms with Crippen LogP contribution in [0.2, 0.25) is 0 Å². The highest BCUT2D eigenvalue weighted by molar-refractivity contribution is 5.99. The fourth-order valence-electron chi connectivity index (χ4n) is 6.88. The highest BCUT2D eigenvalue weighted by atomic mass is 16.5. The SMILES string of the molecule is COc1ccc(Nc2c3nc(c(-c4ccccc4)c4ccc([nH]4)c(-c4ccccc4)c4nc(c(-c5ccccc5)c5ccc2[nH]5)C=C4)C=C3)cc1. The Labute approximate surface area is 295 Å². The van der Waals surface area contributed by atoms with Gasteiger partial charge in [0.15, 0.2) is 0 Å². The maximum atomic E-state index is 5.43. The molecule has 0 atom stereocenters. The van der Waals surface area contributed by atoms with E-state index in [1.165, 1.54) is 0 Å². The monoisotopic (exact) mass is 659 g/mol. The number of aromatic nitrogens is 4. The van der Waals surface area contributed by atoms with Gasteiger partial charge < -0.3 is 20.0 Å². The van der Waals surface area contributed by atoms with Crippen LogP contribution in [0.15, 0.2) is 140 Å². The first-order chi connectivity index (χ1) is 25.2. The molecule has 2 aliphatic rings. The number of hydrogen-bond acceptors (Lipinski definition) is 4. The van der Waals surface area contributed by atoms with Gasteiger partial charge in [0.1, 0.15) is 5.75 Å². The Kier molecular flexibility index (Phi) is 7.59. The van der Waals surface area contributed by atoms with Crippen LogP contribution in [0.25, 0.3) is 79.8 Å². The average Bonchev–Trinajstić information content (AvgIpc) is 4.03. The zero-order valence-electron chi connectivity index (χ0n) is 27.9. The molecule has 244 valence electrons. The number of aromatic amines is 2. The van der Waals surface area contributed by atoms with Crippen molar-refractivity contribution in [3.05, 3.63) is 162 Å². The predicted octanol–water partition coefficient (Wildman–Crippen LogP) is 11.4. The molecule has 8 bridgehead atoms. The van der Waals surface area contributed by atoms with Gasteiger partial charge in [-0.15, -0.1) is 0 Å². The second-order valence-electron chi connectivity index (χ2n) is 12.5. The number of methoxy groups -OCH3 is 1. The Morgan fingerprint density at radius 2 is 0.824 bits per heavy atom. The second kappa shape index (κ2) is 12.8. The summed E-state index contributed by atoms with van der Waals surface area (Å²) in [5.74, 6) is 0.795. The Hall–Kier alpha value is -6.92. The molecule has 0 amide bonds. The minimum absolute atomic E-state index is 0.795. The van der Waals surface area contributed by atoms with Crippen molar-refractivity contribution in [3.8, 4) is 39.1 Å². The highest BCUT2D eigenvalue weighted by Gasteiger charge is 2.18. The van der Waals surface area contributed by atoms with Gasteiger partial charge >= 0.3 is 0 Å². The molecule has 5 heterocycles. The predicted molar refractivity (Wildman–Crippen MR) is 211 cm³/mol. The lowest BCUT2D eigenvalue weighted by molar-refractivity contribution is 0.415. The molecular weight excluding hydrogens is 627 g/mol. The van der Waals surface area contributed by atoms with Crippen LogP contribution in [0.3, 0.4) is 0 Å². The van der Waals surface area contributed by atoms with E-state index in [1.807, 2.05) is 42.5 Å². The van der Waals surface area contributed by atoms with Crippen molar-refractivity contribution in [1.29, 1.82) is 0 Å². The fourth-order valence-corrected chi connectivity index (χ4v) is 6.88. The number of nitrogens with zero attached hydrogens (tertiary/aromatic N) is 2. The van der Waals surface area contributed by atoms with Crippen LogP contribution >= 0.6 is 0 Å². The van der Waals surface area contributed by atoms with E-state index in [4.69, 9.17) is 14.7 Å². The minimum atomic E-state index is 0.795. The van der Waals surface area contributed by atoms with E-state index in [9.17, 15) is 0 Å². The van der Waals surface area contributed by atoms with Gasteiger partial charge in [-0.3, -0.25) is 0 Å². The molecule has 0 aliphatic carbocycles. The summed E-state index contributed by atoms with van der Waals surface area (Å²) in [4.78, 5) is 18.2. The molecule has 7 aromatic rings. The quantitative estimate of drug-likeness (QED) is 0.166. The minimum Gasteiger partial charge on any atom is -0.497 e. The highest BCUT2D eigenvalue weighted by Crippen LogP contribution is 2.38. The van der Waals surface area contributed by atoms with Gasteiger partial charge in [-0.05, 0) is 89.5 Å². The Bertz CT molecular complexity index is 2580. The fraction of sp³-hybridized carbons (Fsp3) is 0.0222. The van der Waals surface area contributed by atoms with E-state index in [1.54, 1.807) is 7.11 Å². The third kappa shape index (κ3) is 5.69. The van der Waals surface area contributed by atoms with Crippen molar-refractivity contribution in [2.24, 2.45) is 0 Å². The summed E-state index contributed by atoms with van der Waals surface area (Å²) in [6.07, 6.45) is 8.43. The zero-order valence-corrected chi connectivity index (χ0v) is 27.9. The molecule has 2 aliphatic heterocycles. The molecular formula is C45H33N5O. The number of ether oxygens (including phenoxy) is 1. The Morgan fingerprint density at radius 3 is 1.27 bits per heavy atom. The van der Waals surface area contributed by atoms with E-state index >= 15 is 0 Å². The zero-order chi connectivity index (χ0) is 34.1. The van der Waals surface area contributed by atoms with Crippen molar-refractivity contribution in [1.82, 2.24) is 19.9 Å². The molecule has 6 nitrogen and oxygen atoms in total. The van der Waals surface area contributed by atoms with Crippen molar-refractivity contribution < 1.29 is 4.74 Å². The van der Waals surface area contributed by atoms with E-state index in [0.29, 0.717) is 0 Å². The van der Waals surface area contributed by atoms with E-state index in [2.05, 4.69) is 137 Å². The summed E-state index contributed by atoms with van der Waals surface area (Å²) in [5.41, 5.74) is 15.3. The van der Waals surface area contributed by atoms with Gasteiger partial charge in [-0.2, -0.15) is 0 Å². The molecule has 0 unspecified atom stereocenters. The number of nitrogens with one attached hydrogen (secondary N) is 3. The summed E-state index contributed by atoms with van der Waals surface area (Å²) in [6, 6.07) is 47.8. The van der Waals surface area contributed by atoms with Crippen LogP contribution in [0.1, 0.15) is 22.8 Å². The molecule has 0 spiro atoms. The van der Waals surface area contributed by atoms with Gasteiger partial charge in [0.2, 0.25) is 0 Å². The van der Waals surface area contributed by atoms with Crippen LogP contribution < -0.4 is 10.1 Å². The van der Waals surface area contributed by atoms with Crippen LogP contribution in [0.5, 0.6) is 5.75 Å². The summed E-state index contributed by atoms with van der Waals surface area (Å²) in [5, 5.41) is 3.68. The molecule has 9 rings (SSSR count). The van der Waals surface area contributed by atoms with Crippen LogP contribution in [0, 0.1) is 0 Å². The number of rotatable bonds is 6. The van der Waals surface area contributed by atoms with Crippen LogP contribution in [0.4, 0.5) is 11.4 Å². The third-order valence-corrected chi connectivity index (χ3v) is 9.30. The molecule has 0 saturated heterocycles. The second-order valence-corrected chi connectivity index (χ2v) is 12.5.